The lowest BCUT2D eigenvalue weighted by atomic mass is 9.60. The van der Waals surface area contributed by atoms with Crippen LogP contribution in [0.1, 0.15) is 25.3 Å². The molecular formula is C12H12BrN. The van der Waals surface area contributed by atoms with Gasteiger partial charge in [-0.25, -0.2) is 0 Å². The molecule has 2 heteroatoms. The van der Waals surface area contributed by atoms with Crippen LogP contribution >= 0.6 is 15.9 Å². The van der Waals surface area contributed by atoms with Crippen LogP contribution < -0.4 is 0 Å². The van der Waals surface area contributed by atoms with Gasteiger partial charge in [0.2, 0.25) is 0 Å². The molecule has 0 N–H and O–H groups in total. The van der Waals surface area contributed by atoms with Gasteiger partial charge in [0.25, 0.3) is 0 Å². The molecule has 1 aromatic rings. The molecule has 0 radical (unpaired) electrons. The third-order valence-electron chi connectivity index (χ3n) is 3.00. The zero-order valence-corrected chi connectivity index (χ0v) is 9.71. The molecule has 0 spiro atoms. The number of rotatable bonds is 1. The Morgan fingerprint density at radius 3 is 2.57 bits per heavy atom. The minimum Gasteiger partial charge on any atom is -0.197 e. The summed E-state index contributed by atoms with van der Waals surface area (Å²) in [6.07, 6.45) is 1.98. The molecule has 0 unspecified atom stereocenters. The van der Waals surface area contributed by atoms with Crippen molar-refractivity contribution in [3.63, 3.8) is 0 Å². The first-order valence-corrected chi connectivity index (χ1v) is 5.63. The van der Waals surface area contributed by atoms with E-state index in [4.69, 9.17) is 0 Å². The average molecular weight is 250 g/mol. The van der Waals surface area contributed by atoms with Crippen molar-refractivity contribution in [1.29, 1.82) is 5.26 Å². The van der Waals surface area contributed by atoms with Crippen molar-refractivity contribution in [3.05, 3.63) is 34.3 Å². The highest BCUT2D eigenvalue weighted by molar-refractivity contribution is 9.10. The summed E-state index contributed by atoms with van der Waals surface area (Å²) >= 11 is 3.52. The highest BCUT2D eigenvalue weighted by Crippen LogP contribution is 2.48. The van der Waals surface area contributed by atoms with E-state index >= 15 is 0 Å². The maximum Gasteiger partial charge on any atom is 0.0838 e. The van der Waals surface area contributed by atoms with Crippen LogP contribution in [0.15, 0.2) is 28.7 Å². The summed E-state index contributed by atoms with van der Waals surface area (Å²) in [5.74, 6) is 0.682. The van der Waals surface area contributed by atoms with Gasteiger partial charge in [0, 0.05) is 4.47 Å². The maximum absolute atomic E-state index is 9.26. The summed E-state index contributed by atoms with van der Waals surface area (Å²) in [5, 5.41) is 9.26. The van der Waals surface area contributed by atoms with Crippen molar-refractivity contribution in [2.75, 3.05) is 0 Å². The molecule has 0 amide bonds. The van der Waals surface area contributed by atoms with Crippen molar-refractivity contribution in [2.45, 2.75) is 25.2 Å². The van der Waals surface area contributed by atoms with E-state index in [2.05, 4.69) is 35.0 Å². The summed E-state index contributed by atoms with van der Waals surface area (Å²) in [7, 11) is 0. The predicted molar refractivity (Wildman–Crippen MR) is 59.8 cm³/mol. The molecule has 1 nitrogen and oxygen atoms in total. The molecule has 0 aliphatic heterocycles. The van der Waals surface area contributed by atoms with Gasteiger partial charge < -0.3 is 0 Å². The van der Waals surface area contributed by atoms with Crippen LogP contribution in [0.4, 0.5) is 0 Å². The lowest BCUT2D eigenvalue weighted by Gasteiger charge is -2.41. The summed E-state index contributed by atoms with van der Waals surface area (Å²) < 4.78 is 1.06. The normalized spacial score (nSPS) is 30.5. The first kappa shape index (κ1) is 9.73. The Balaban J connectivity index is 2.40. The molecule has 0 heterocycles. The van der Waals surface area contributed by atoms with E-state index in [0.29, 0.717) is 5.92 Å². The van der Waals surface area contributed by atoms with E-state index in [1.807, 2.05) is 18.2 Å². The summed E-state index contributed by atoms with van der Waals surface area (Å²) in [6, 6.07) is 10.5. The zero-order valence-electron chi connectivity index (χ0n) is 8.13. The molecule has 1 saturated carbocycles. The van der Waals surface area contributed by atoms with Gasteiger partial charge in [-0.3, -0.25) is 0 Å². The number of halogens is 1. The molecular weight excluding hydrogens is 238 g/mol. The Morgan fingerprint density at radius 2 is 2.07 bits per heavy atom. The van der Waals surface area contributed by atoms with Crippen LogP contribution in [0.3, 0.4) is 0 Å². The second kappa shape index (κ2) is 3.40. The Hall–Kier alpha value is -0.810. The number of benzene rings is 1. The van der Waals surface area contributed by atoms with Gasteiger partial charge in [-0.15, -0.1) is 0 Å². The van der Waals surface area contributed by atoms with Crippen LogP contribution in [-0.4, -0.2) is 0 Å². The summed E-state index contributed by atoms with van der Waals surface area (Å²) in [4.78, 5) is 0. The van der Waals surface area contributed by atoms with Gasteiger partial charge in [0.1, 0.15) is 0 Å². The average Bonchev–Trinajstić information content (AvgIpc) is 2.14. The first-order chi connectivity index (χ1) is 6.68. The SMILES string of the molecule is CC1CC(C#N)(c2ccccc2Br)C1. The monoisotopic (exact) mass is 249 g/mol. The van der Waals surface area contributed by atoms with Crippen molar-refractivity contribution < 1.29 is 0 Å². The third-order valence-corrected chi connectivity index (χ3v) is 3.69. The highest BCUT2D eigenvalue weighted by Gasteiger charge is 2.44. The number of hydrogen-bond acceptors (Lipinski definition) is 1. The van der Waals surface area contributed by atoms with Crippen LogP contribution in [0.2, 0.25) is 0 Å². The Kier molecular flexibility index (Phi) is 2.36. The van der Waals surface area contributed by atoms with Crippen molar-refractivity contribution in [1.82, 2.24) is 0 Å². The van der Waals surface area contributed by atoms with Gasteiger partial charge in [-0.1, -0.05) is 41.1 Å². The van der Waals surface area contributed by atoms with E-state index < -0.39 is 0 Å². The van der Waals surface area contributed by atoms with Crippen molar-refractivity contribution in [3.8, 4) is 6.07 Å². The minimum absolute atomic E-state index is 0.223. The molecule has 0 aromatic heterocycles. The van der Waals surface area contributed by atoms with Crippen molar-refractivity contribution >= 4 is 15.9 Å². The molecule has 1 fully saturated rings. The van der Waals surface area contributed by atoms with Gasteiger partial charge in [0.05, 0.1) is 11.5 Å². The number of nitrogens with zero attached hydrogens (tertiary/aromatic N) is 1. The van der Waals surface area contributed by atoms with E-state index in [-0.39, 0.29) is 5.41 Å². The Morgan fingerprint density at radius 1 is 1.43 bits per heavy atom. The van der Waals surface area contributed by atoms with Gasteiger partial charge in [-0.05, 0) is 30.4 Å². The second-order valence-electron chi connectivity index (χ2n) is 4.19. The topological polar surface area (TPSA) is 23.8 Å². The van der Waals surface area contributed by atoms with E-state index in [9.17, 15) is 5.26 Å². The number of hydrogen-bond donors (Lipinski definition) is 0. The molecule has 0 saturated heterocycles. The predicted octanol–water partition coefficient (Wildman–Crippen LogP) is 3.64. The number of nitriles is 1. The zero-order chi connectivity index (χ0) is 10.2. The quantitative estimate of drug-likeness (QED) is 0.746. The molecule has 0 bridgehead atoms. The minimum atomic E-state index is -0.223. The van der Waals surface area contributed by atoms with E-state index in [0.717, 1.165) is 22.9 Å². The second-order valence-corrected chi connectivity index (χ2v) is 5.04. The van der Waals surface area contributed by atoms with E-state index in [1.165, 1.54) is 0 Å². The van der Waals surface area contributed by atoms with Crippen LogP contribution in [-0.2, 0) is 5.41 Å². The summed E-state index contributed by atoms with van der Waals surface area (Å²) in [6.45, 7) is 2.20. The fourth-order valence-corrected chi connectivity index (χ4v) is 3.01. The van der Waals surface area contributed by atoms with Gasteiger partial charge in [0.15, 0.2) is 0 Å². The Bertz CT molecular complexity index is 386. The van der Waals surface area contributed by atoms with Crippen molar-refractivity contribution in [2.24, 2.45) is 5.92 Å². The smallest absolute Gasteiger partial charge is 0.0838 e. The highest BCUT2D eigenvalue weighted by atomic mass is 79.9. The first-order valence-electron chi connectivity index (χ1n) is 4.84. The molecule has 1 aliphatic rings. The lowest BCUT2D eigenvalue weighted by molar-refractivity contribution is 0.216. The fraction of sp³-hybridized carbons (Fsp3) is 0.417. The van der Waals surface area contributed by atoms with E-state index in [1.54, 1.807) is 0 Å². The van der Waals surface area contributed by atoms with Crippen LogP contribution in [0, 0.1) is 17.2 Å². The molecule has 14 heavy (non-hydrogen) atoms. The fourth-order valence-electron chi connectivity index (χ4n) is 2.35. The van der Waals surface area contributed by atoms with Gasteiger partial charge >= 0.3 is 0 Å². The third kappa shape index (κ3) is 1.36. The largest absolute Gasteiger partial charge is 0.197 e. The van der Waals surface area contributed by atoms with Gasteiger partial charge in [-0.2, -0.15) is 5.26 Å². The standard InChI is InChI=1S/C12H12BrN/c1-9-6-12(7-9,8-14)10-4-2-3-5-11(10)13/h2-5,9H,6-7H2,1H3. The van der Waals surface area contributed by atoms with Crippen LogP contribution in [0.25, 0.3) is 0 Å². The molecule has 72 valence electrons. The molecule has 0 atom stereocenters. The summed E-state index contributed by atoms with van der Waals surface area (Å²) in [5.41, 5.74) is 0.931. The lowest BCUT2D eigenvalue weighted by Crippen LogP contribution is -2.38. The molecule has 1 aromatic carbocycles. The maximum atomic E-state index is 9.26. The van der Waals surface area contributed by atoms with Crippen LogP contribution in [0.5, 0.6) is 0 Å². The molecule has 1 aliphatic carbocycles. The Labute approximate surface area is 92.9 Å². The molecule has 2 rings (SSSR count).